The number of nitrogens with one attached hydrogen (secondary N) is 1. The molecule has 30 heavy (non-hydrogen) atoms. The summed E-state index contributed by atoms with van der Waals surface area (Å²) in [4.78, 5) is 14.4. The number of ether oxygens (including phenoxy) is 2. The third kappa shape index (κ3) is 6.90. The van der Waals surface area contributed by atoms with Crippen LogP contribution in [0.25, 0.3) is 0 Å². The van der Waals surface area contributed by atoms with E-state index in [4.69, 9.17) is 21.1 Å². The largest absolute Gasteiger partial charge is 0.497 e. The molecule has 2 aromatic rings. The molecule has 0 bridgehead atoms. The summed E-state index contributed by atoms with van der Waals surface area (Å²) in [5, 5.41) is 14.5. The minimum absolute atomic E-state index is 0.0218. The van der Waals surface area contributed by atoms with Crippen LogP contribution in [0.4, 0.5) is 0 Å². The Balaban J connectivity index is 1.42. The van der Waals surface area contributed by atoms with Gasteiger partial charge in [0.2, 0.25) is 5.91 Å². The van der Waals surface area contributed by atoms with Crippen LogP contribution in [0.15, 0.2) is 48.5 Å². The second-order valence-electron chi connectivity index (χ2n) is 7.72. The van der Waals surface area contributed by atoms with Crippen LogP contribution in [0.2, 0.25) is 5.02 Å². The van der Waals surface area contributed by atoms with Crippen LogP contribution in [0.1, 0.15) is 24.8 Å². The number of aliphatic hydroxyl groups is 1. The highest BCUT2D eigenvalue weighted by Gasteiger charge is 2.31. The maximum Gasteiger partial charge on any atom is 0.234 e. The Morgan fingerprint density at radius 3 is 2.70 bits per heavy atom. The van der Waals surface area contributed by atoms with Crippen LogP contribution in [0.5, 0.6) is 11.5 Å². The standard InChI is InChI=1S/C23H29ClN2O4/c1-29-20-8-6-18(7-9-20)15-25-22(27)16-26-12-3-10-23(28,11-13-26)17-30-21-5-2-4-19(24)14-21/h2,4-9,14,28H,3,10-13,15-17H2,1H3,(H,25,27). The lowest BCUT2D eigenvalue weighted by atomic mass is 9.96. The summed E-state index contributed by atoms with van der Waals surface area (Å²) in [6, 6.07) is 14.8. The van der Waals surface area contributed by atoms with Gasteiger partial charge in [0.1, 0.15) is 18.1 Å². The number of carbonyl (C=O) groups excluding carboxylic acids is 1. The molecular formula is C23H29ClN2O4. The van der Waals surface area contributed by atoms with E-state index in [0.717, 1.165) is 24.3 Å². The Morgan fingerprint density at radius 2 is 1.97 bits per heavy atom. The molecule has 1 atom stereocenters. The van der Waals surface area contributed by atoms with E-state index in [-0.39, 0.29) is 12.5 Å². The number of benzene rings is 2. The molecule has 1 heterocycles. The molecule has 1 saturated heterocycles. The Bertz CT molecular complexity index is 830. The maximum atomic E-state index is 12.3. The third-order valence-electron chi connectivity index (χ3n) is 5.33. The van der Waals surface area contributed by atoms with Crippen LogP contribution >= 0.6 is 11.6 Å². The molecule has 1 unspecified atom stereocenters. The van der Waals surface area contributed by atoms with Gasteiger partial charge in [0.15, 0.2) is 0 Å². The van der Waals surface area contributed by atoms with Gasteiger partial charge in [-0.3, -0.25) is 9.69 Å². The summed E-state index contributed by atoms with van der Waals surface area (Å²) in [6.07, 6.45) is 2.00. The van der Waals surface area contributed by atoms with Gasteiger partial charge in [0, 0.05) is 18.1 Å². The summed E-state index contributed by atoms with van der Waals surface area (Å²) in [5.41, 5.74) is 0.115. The van der Waals surface area contributed by atoms with Gasteiger partial charge in [0.05, 0.1) is 19.3 Å². The van der Waals surface area contributed by atoms with Gasteiger partial charge in [-0.15, -0.1) is 0 Å². The number of hydrogen-bond donors (Lipinski definition) is 2. The number of likely N-dealkylation sites (tertiary alicyclic amines) is 1. The summed E-state index contributed by atoms with van der Waals surface area (Å²) >= 11 is 5.98. The SMILES string of the molecule is COc1ccc(CNC(=O)CN2CCCC(O)(COc3cccc(Cl)c3)CC2)cc1. The van der Waals surface area contributed by atoms with Crippen molar-refractivity contribution in [1.82, 2.24) is 10.2 Å². The number of rotatable bonds is 8. The van der Waals surface area contributed by atoms with Crippen molar-refractivity contribution in [2.24, 2.45) is 0 Å². The molecular weight excluding hydrogens is 404 g/mol. The molecule has 6 nitrogen and oxygen atoms in total. The molecule has 0 radical (unpaired) electrons. The lowest BCUT2D eigenvalue weighted by Gasteiger charge is -2.27. The van der Waals surface area contributed by atoms with Gasteiger partial charge in [-0.2, -0.15) is 0 Å². The number of amides is 1. The van der Waals surface area contributed by atoms with Crippen molar-refractivity contribution in [3.63, 3.8) is 0 Å². The molecule has 0 saturated carbocycles. The Hall–Kier alpha value is -2.28. The van der Waals surface area contributed by atoms with E-state index in [1.807, 2.05) is 36.4 Å². The van der Waals surface area contributed by atoms with Crippen LogP contribution in [-0.2, 0) is 11.3 Å². The second kappa shape index (κ2) is 10.7. The fraction of sp³-hybridized carbons (Fsp3) is 0.435. The first-order valence-electron chi connectivity index (χ1n) is 10.2. The first kappa shape index (κ1) is 22.4. The van der Waals surface area contributed by atoms with Crippen LogP contribution in [-0.4, -0.2) is 54.9 Å². The highest BCUT2D eigenvalue weighted by atomic mass is 35.5. The Kier molecular flexibility index (Phi) is 7.96. The smallest absolute Gasteiger partial charge is 0.234 e. The Labute approximate surface area is 182 Å². The van der Waals surface area contributed by atoms with Crippen molar-refractivity contribution in [3.05, 3.63) is 59.1 Å². The summed E-state index contributed by atoms with van der Waals surface area (Å²) in [5.74, 6) is 1.42. The van der Waals surface area contributed by atoms with Crippen molar-refractivity contribution in [3.8, 4) is 11.5 Å². The fourth-order valence-electron chi connectivity index (χ4n) is 3.51. The molecule has 0 aliphatic carbocycles. The van der Waals surface area contributed by atoms with E-state index in [1.54, 1.807) is 19.2 Å². The van der Waals surface area contributed by atoms with Gasteiger partial charge in [-0.1, -0.05) is 29.8 Å². The lowest BCUT2D eigenvalue weighted by Crippen LogP contribution is -2.40. The summed E-state index contributed by atoms with van der Waals surface area (Å²) in [7, 11) is 1.63. The number of carbonyl (C=O) groups is 1. The highest BCUT2D eigenvalue weighted by Crippen LogP contribution is 2.25. The van der Waals surface area contributed by atoms with Gasteiger partial charge >= 0.3 is 0 Å². The van der Waals surface area contributed by atoms with Gasteiger partial charge in [0.25, 0.3) is 0 Å². The van der Waals surface area contributed by atoms with E-state index in [1.165, 1.54) is 0 Å². The summed E-state index contributed by atoms with van der Waals surface area (Å²) < 4.78 is 10.9. The Morgan fingerprint density at radius 1 is 1.17 bits per heavy atom. The first-order valence-corrected chi connectivity index (χ1v) is 10.6. The molecule has 0 aromatic heterocycles. The van der Waals surface area contributed by atoms with Crippen LogP contribution in [0.3, 0.4) is 0 Å². The molecule has 3 rings (SSSR count). The zero-order valence-corrected chi connectivity index (χ0v) is 18.0. The first-order chi connectivity index (χ1) is 14.5. The molecule has 1 aliphatic heterocycles. The zero-order valence-electron chi connectivity index (χ0n) is 17.3. The topological polar surface area (TPSA) is 71.0 Å². The van der Waals surface area contributed by atoms with E-state index in [9.17, 15) is 9.90 Å². The van der Waals surface area contributed by atoms with E-state index in [2.05, 4.69) is 10.2 Å². The monoisotopic (exact) mass is 432 g/mol. The molecule has 7 heteroatoms. The van der Waals surface area contributed by atoms with Crippen molar-refractivity contribution >= 4 is 17.5 Å². The average Bonchev–Trinajstić information content (AvgIpc) is 2.93. The van der Waals surface area contributed by atoms with Crippen molar-refractivity contribution in [2.45, 2.75) is 31.4 Å². The lowest BCUT2D eigenvalue weighted by molar-refractivity contribution is -0.122. The minimum atomic E-state index is -0.906. The fourth-order valence-corrected chi connectivity index (χ4v) is 3.69. The molecule has 1 fully saturated rings. The van der Waals surface area contributed by atoms with Crippen molar-refractivity contribution in [2.75, 3.05) is 33.4 Å². The molecule has 1 aliphatic rings. The van der Waals surface area contributed by atoms with Crippen LogP contribution < -0.4 is 14.8 Å². The minimum Gasteiger partial charge on any atom is -0.497 e. The number of nitrogens with zero attached hydrogens (tertiary/aromatic N) is 1. The maximum absolute atomic E-state index is 12.3. The molecule has 2 N–H and O–H groups in total. The number of halogens is 1. The molecule has 162 valence electrons. The van der Waals surface area contributed by atoms with Gasteiger partial charge in [-0.05, 0) is 61.7 Å². The molecule has 0 spiro atoms. The summed E-state index contributed by atoms with van der Waals surface area (Å²) in [6.45, 7) is 2.43. The number of methoxy groups -OCH3 is 1. The normalized spacial score (nSPS) is 19.7. The van der Waals surface area contributed by atoms with Crippen molar-refractivity contribution in [1.29, 1.82) is 0 Å². The van der Waals surface area contributed by atoms with Gasteiger partial charge < -0.3 is 19.9 Å². The van der Waals surface area contributed by atoms with E-state index < -0.39 is 5.60 Å². The van der Waals surface area contributed by atoms with Crippen LogP contribution in [0, 0.1) is 0 Å². The predicted octanol–water partition coefficient (Wildman–Crippen LogP) is 3.26. The van der Waals surface area contributed by atoms with Gasteiger partial charge in [-0.25, -0.2) is 0 Å². The molecule has 1 amide bonds. The highest BCUT2D eigenvalue weighted by molar-refractivity contribution is 6.30. The van der Waals surface area contributed by atoms with E-state index in [0.29, 0.717) is 43.2 Å². The zero-order chi connectivity index (χ0) is 21.4. The van der Waals surface area contributed by atoms with Crippen molar-refractivity contribution < 1.29 is 19.4 Å². The van der Waals surface area contributed by atoms with E-state index >= 15 is 0 Å². The average molecular weight is 433 g/mol. The molecule has 2 aromatic carbocycles. The quantitative estimate of drug-likeness (QED) is 0.670. The number of hydrogen-bond acceptors (Lipinski definition) is 5. The second-order valence-corrected chi connectivity index (χ2v) is 8.16. The predicted molar refractivity (Wildman–Crippen MR) is 117 cm³/mol. The third-order valence-corrected chi connectivity index (χ3v) is 5.56.